The second-order valence-corrected chi connectivity index (χ2v) is 5.29. The molecule has 2 heterocycles. The Balaban J connectivity index is 2.33. The Morgan fingerprint density at radius 3 is 2.32 bits per heavy atom. The first-order valence-electron chi connectivity index (χ1n) is 5.22. The van der Waals surface area contributed by atoms with Crippen molar-refractivity contribution < 1.29 is 0 Å². The SMILES string of the molecule is Clc1c(Cl)c(Cl)c2[nH]c(-c3ccccn3)nc2c1Cl. The molecule has 0 unspecified atom stereocenters. The van der Waals surface area contributed by atoms with Crippen molar-refractivity contribution in [3.63, 3.8) is 0 Å². The zero-order valence-electron chi connectivity index (χ0n) is 9.22. The van der Waals surface area contributed by atoms with Crippen molar-refractivity contribution in [2.45, 2.75) is 0 Å². The Morgan fingerprint density at radius 1 is 0.895 bits per heavy atom. The molecule has 19 heavy (non-hydrogen) atoms. The van der Waals surface area contributed by atoms with Gasteiger partial charge in [-0.05, 0) is 12.1 Å². The van der Waals surface area contributed by atoms with Crippen LogP contribution in [0.15, 0.2) is 24.4 Å². The molecule has 96 valence electrons. The highest BCUT2D eigenvalue weighted by Crippen LogP contribution is 2.42. The number of nitrogens with one attached hydrogen (secondary N) is 1. The molecule has 1 aromatic carbocycles. The van der Waals surface area contributed by atoms with Crippen molar-refractivity contribution in [3.8, 4) is 11.5 Å². The maximum atomic E-state index is 6.14. The van der Waals surface area contributed by atoms with E-state index in [1.165, 1.54) is 0 Å². The molecule has 0 spiro atoms. The van der Waals surface area contributed by atoms with E-state index < -0.39 is 0 Å². The number of aromatic amines is 1. The van der Waals surface area contributed by atoms with Crippen molar-refractivity contribution in [1.82, 2.24) is 15.0 Å². The summed E-state index contributed by atoms with van der Waals surface area (Å²) in [5, 5.41) is 0.960. The minimum atomic E-state index is 0.194. The molecule has 3 aromatic rings. The Bertz CT molecular complexity index is 723. The van der Waals surface area contributed by atoms with Crippen LogP contribution >= 0.6 is 46.4 Å². The van der Waals surface area contributed by atoms with Crippen LogP contribution in [0.4, 0.5) is 0 Å². The summed E-state index contributed by atoms with van der Waals surface area (Å²) < 4.78 is 0. The molecule has 0 fully saturated rings. The van der Waals surface area contributed by atoms with E-state index in [1.807, 2.05) is 18.2 Å². The molecule has 0 radical (unpaired) electrons. The van der Waals surface area contributed by atoms with Gasteiger partial charge in [-0.3, -0.25) is 4.98 Å². The fourth-order valence-electron chi connectivity index (χ4n) is 1.72. The van der Waals surface area contributed by atoms with Gasteiger partial charge in [-0.1, -0.05) is 52.5 Å². The number of hydrogen-bond donors (Lipinski definition) is 1. The van der Waals surface area contributed by atoms with Gasteiger partial charge in [0.1, 0.15) is 11.2 Å². The van der Waals surface area contributed by atoms with E-state index in [2.05, 4.69) is 15.0 Å². The summed E-state index contributed by atoms with van der Waals surface area (Å²) in [6, 6.07) is 5.50. The standard InChI is InChI=1S/C12H5Cl4N3/c13-6-7(14)9(16)11-10(8(6)15)18-12(19-11)5-3-1-2-4-17-5/h1-4H,(H,18,19). The Morgan fingerprint density at radius 2 is 1.63 bits per heavy atom. The first kappa shape index (κ1) is 13.0. The first-order valence-corrected chi connectivity index (χ1v) is 6.74. The summed E-state index contributed by atoms with van der Waals surface area (Å²) in [6.07, 6.45) is 1.67. The first-order chi connectivity index (χ1) is 9.09. The summed E-state index contributed by atoms with van der Waals surface area (Å²) >= 11 is 24.3. The van der Waals surface area contributed by atoms with Crippen LogP contribution in [-0.2, 0) is 0 Å². The van der Waals surface area contributed by atoms with E-state index in [9.17, 15) is 0 Å². The molecule has 0 saturated carbocycles. The quantitative estimate of drug-likeness (QED) is 0.489. The summed E-state index contributed by atoms with van der Waals surface area (Å²) in [6.45, 7) is 0. The molecule has 0 aliphatic carbocycles. The number of aromatic nitrogens is 3. The fraction of sp³-hybridized carbons (Fsp3) is 0. The molecular formula is C12H5Cl4N3. The second kappa shape index (κ2) is 4.84. The average molecular weight is 333 g/mol. The van der Waals surface area contributed by atoms with Gasteiger partial charge in [-0.25, -0.2) is 4.98 Å². The lowest BCUT2D eigenvalue weighted by Gasteiger charge is -2.02. The minimum absolute atomic E-state index is 0.194. The molecule has 0 atom stereocenters. The molecule has 0 amide bonds. The van der Waals surface area contributed by atoms with Crippen LogP contribution in [0, 0.1) is 0 Å². The van der Waals surface area contributed by atoms with Gasteiger partial charge in [-0.2, -0.15) is 0 Å². The summed E-state index contributed by atoms with van der Waals surface area (Å²) in [4.78, 5) is 11.6. The Hall–Kier alpha value is -1.00. The molecule has 3 rings (SSSR count). The lowest BCUT2D eigenvalue weighted by atomic mass is 10.3. The molecule has 0 aliphatic rings. The number of hydrogen-bond acceptors (Lipinski definition) is 2. The van der Waals surface area contributed by atoms with Crippen molar-refractivity contribution >= 4 is 57.4 Å². The largest absolute Gasteiger partial charge is 0.335 e. The Kier molecular flexibility index (Phi) is 3.31. The van der Waals surface area contributed by atoms with Crippen LogP contribution < -0.4 is 0 Å². The maximum Gasteiger partial charge on any atom is 0.157 e. The summed E-state index contributed by atoms with van der Waals surface area (Å²) in [5.74, 6) is 0.553. The van der Waals surface area contributed by atoms with Crippen molar-refractivity contribution in [2.24, 2.45) is 0 Å². The minimum Gasteiger partial charge on any atom is -0.335 e. The van der Waals surface area contributed by atoms with E-state index in [0.717, 1.165) is 0 Å². The highest BCUT2D eigenvalue weighted by atomic mass is 35.5. The van der Waals surface area contributed by atoms with Crippen molar-refractivity contribution in [3.05, 3.63) is 44.5 Å². The second-order valence-electron chi connectivity index (χ2n) is 3.78. The van der Waals surface area contributed by atoms with Crippen molar-refractivity contribution in [1.29, 1.82) is 0 Å². The number of benzene rings is 1. The van der Waals surface area contributed by atoms with E-state index in [-0.39, 0.29) is 15.1 Å². The molecular weight excluding hydrogens is 328 g/mol. The average Bonchev–Trinajstić information content (AvgIpc) is 2.89. The zero-order chi connectivity index (χ0) is 13.6. The smallest absolute Gasteiger partial charge is 0.157 e. The van der Waals surface area contributed by atoms with Crippen molar-refractivity contribution in [2.75, 3.05) is 0 Å². The van der Waals surface area contributed by atoms with Crippen LogP contribution in [0.1, 0.15) is 0 Å². The Labute approximate surface area is 128 Å². The highest BCUT2D eigenvalue weighted by Gasteiger charge is 2.19. The van der Waals surface area contributed by atoms with Crippen LogP contribution in [0.5, 0.6) is 0 Å². The maximum absolute atomic E-state index is 6.14. The number of pyridine rings is 1. The van der Waals surface area contributed by atoms with Gasteiger partial charge in [0.15, 0.2) is 5.82 Å². The van der Waals surface area contributed by atoms with E-state index >= 15 is 0 Å². The van der Waals surface area contributed by atoms with Crippen LogP contribution in [0.3, 0.4) is 0 Å². The summed E-state index contributed by atoms with van der Waals surface area (Å²) in [5.41, 5.74) is 1.70. The highest BCUT2D eigenvalue weighted by molar-refractivity contribution is 6.55. The lowest BCUT2D eigenvalue weighted by Crippen LogP contribution is -1.83. The van der Waals surface area contributed by atoms with E-state index in [4.69, 9.17) is 46.4 Å². The fourth-order valence-corrected chi connectivity index (χ4v) is 2.65. The van der Waals surface area contributed by atoms with Crippen LogP contribution in [-0.4, -0.2) is 15.0 Å². The molecule has 0 saturated heterocycles. The predicted molar refractivity (Wildman–Crippen MR) is 79.4 cm³/mol. The van der Waals surface area contributed by atoms with Gasteiger partial charge in [0.2, 0.25) is 0 Å². The van der Waals surface area contributed by atoms with Gasteiger partial charge in [-0.15, -0.1) is 0 Å². The predicted octanol–water partition coefficient (Wildman–Crippen LogP) is 5.24. The van der Waals surface area contributed by atoms with Gasteiger partial charge >= 0.3 is 0 Å². The number of halogens is 4. The number of H-pyrrole nitrogens is 1. The van der Waals surface area contributed by atoms with Gasteiger partial charge in [0.05, 0.1) is 25.6 Å². The third-order valence-electron chi connectivity index (χ3n) is 2.62. The molecule has 0 bridgehead atoms. The summed E-state index contributed by atoms with van der Waals surface area (Å²) in [7, 11) is 0. The molecule has 2 aromatic heterocycles. The number of imidazole rings is 1. The van der Waals surface area contributed by atoms with Gasteiger partial charge in [0.25, 0.3) is 0 Å². The van der Waals surface area contributed by atoms with E-state index in [1.54, 1.807) is 6.20 Å². The lowest BCUT2D eigenvalue weighted by molar-refractivity contribution is 1.24. The molecule has 3 nitrogen and oxygen atoms in total. The van der Waals surface area contributed by atoms with Crippen LogP contribution in [0.25, 0.3) is 22.6 Å². The molecule has 1 N–H and O–H groups in total. The normalized spacial score (nSPS) is 11.2. The molecule has 7 heteroatoms. The third kappa shape index (κ3) is 2.07. The van der Waals surface area contributed by atoms with Gasteiger partial charge < -0.3 is 4.98 Å². The van der Waals surface area contributed by atoms with Crippen LogP contribution in [0.2, 0.25) is 20.1 Å². The van der Waals surface area contributed by atoms with E-state index in [0.29, 0.717) is 27.6 Å². The number of nitrogens with zero attached hydrogens (tertiary/aromatic N) is 2. The third-order valence-corrected chi connectivity index (χ3v) is 4.41. The van der Waals surface area contributed by atoms with Gasteiger partial charge in [0, 0.05) is 6.20 Å². The number of fused-ring (bicyclic) bond motifs is 1. The topological polar surface area (TPSA) is 41.6 Å². The molecule has 0 aliphatic heterocycles. The monoisotopic (exact) mass is 331 g/mol. The number of rotatable bonds is 1. The zero-order valence-corrected chi connectivity index (χ0v) is 12.2.